The lowest BCUT2D eigenvalue weighted by Crippen LogP contribution is -2.28. The van der Waals surface area contributed by atoms with Crippen LogP contribution in [0.15, 0.2) is 18.1 Å². The molecule has 1 aromatic rings. The van der Waals surface area contributed by atoms with Crippen LogP contribution in [-0.2, 0) is 16.4 Å². The van der Waals surface area contributed by atoms with Crippen molar-refractivity contribution in [1.29, 1.82) is 0 Å². The van der Waals surface area contributed by atoms with E-state index < -0.39 is 10.0 Å². The Kier molecular flexibility index (Phi) is 3.39. The number of aryl methyl sites for hydroxylation is 1. The second kappa shape index (κ2) is 4.49. The minimum absolute atomic E-state index is 0.157. The zero-order valence-corrected chi connectivity index (χ0v) is 11.0. The van der Waals surface area contributed by atoms with Gasteiger partial charge < -0.3 is 0 Å². The van der Waals surface area contributed by atoms with Crippen molar-refractivity contribution in [2.75, 3.05) is 0 Å². The van der Waals surface area contributed by atoms with E-state index in [-0.39, 0.29) is 6.04 Å². The largest absolute Gasteiger partial charge is 0.233 e. The van der Waals surface area contributed by atoms with Crippen LogP contribution in [0.3, 0.4) is 0 Å². The molecule has 0 bridgehead atoms. The third kappa shape index (κ3) is 2.48. The van der Waals surface area contributed by atoms with Crippen molar-refractivity contribution in [3.05, 3.63) is 32.8 Å². The number of fused-ring (bicyclic) bond motifs is 1. The SMILES string of the molecule is C=CS(=O)(=O)NC1CCCc2sc(Cl)cc21. The molecule has 1 aliphatic carbocycles. The predicted octanol–water partition coefficient (Wildman–Crippen LogP) is 2.84. The van der Waals surface area contributed by atoms with Gasteiger partial charge in [0, 0.05) is 16.3 Å². The molecule has 0 radical (unpaired) electrons. The maximum Gasteiger partial charge on any atom is 0.233 e. The molecule has 0 spiro atoms. The fourth-order valence-corrected chi connectivity index (χ4v) is 4.01. The Balaban J connectivity index is 2.28. The average Bonchev–Trinajstić information content (AvgIpc) is 2.59. The molecule has 16 heavy (non-hydrogen) atoms. The van der Waals surface area contributed by atoms with Crippen LogP contribution >= 0.6 is 22.9 Å². The lowest BCUT2D eigenvalue weighted by atomic mass is 9.95. The molecular formula is C10H12ClNO2S2. The van der Waals surface area contributed by atoms with Gasteiger partial charge in [-0.25, -0.2) is 13.1 Å². The summed E-state index contributed by atoms with van der Waals surface area (Å²) in [6.45, 7) is 3.29. The Labute approximate surface area is 104 Å². The van der Waals surface area contributed by atoms with E-state index in [1.165, 1.54) is 16.2 Å². The van der Waals surface area contributed by atoms with Crippen LogP contribution in [0.2, 0.25) is 4.34 Å². The molecular weight excluding hydrogens is 266 g/mol. The van der Waals surface area contributed by atoms with Gasteiger partial charge in [-0.15, -0.1) is 11.3 Å². The van der Waals surface area contributed by atoms with Gasteiger partial charge in [0.25, 0.3) is 0 Å². The highest BCUT2D eigenvalue weighted by molar-refractivity contribution is 7.92. The summed E-state index contributed by atoms with van der Waals surface area (Å²) in [5.41, 5.74) is 1.02. The third-order valence-corrected chi connectivity index (χ3v) is 5.00. The van der Waals surface area contributed by atoms with E-state index >= 15 is 0 Å². The molecule has 0 amide bonds. The topological polar surface area (TPSA) is 46.2 Å². The van der Waals surface area contributed by atoms with E-state index in [0.29, 0.717) is 0 Å². The number of hydrogen-bond donors (Lipinski definition) is 1. The van der Waals surface area contributed by atoms with Gasteiger partial charge in [-0.05, 0) is 30.9 Å². The maximum atomic E-state index is 11.4. The Morgan fingerprint density at radius 3 is 3.06 bits per heavy atom. The number of nitrogens with one attached hydrogen (secondary N) is 1. The fourth-order valence-electron chi connectivity index (χ4n) is 1.89. The normalized spacial score (nSPS) is 20.4. The van der Waals surface area contributed by atoms with E-state index in [4.69, 9.17) is 11.6 Å². The molecule has 1 heterocycles. The van der Waals surface area contributed by atoms with Gasteiger partial charge in [0.2, 0.25) is 10.0 Å². The first-order valence-electron chi connectivity index (χ1n) is 4.95. The van der Waals surface area contributed by atoms with Crippen molar-refractivity contribution < 1.29 is 8.42 Å². The molecule has 1 N–H and O–H groups in total. The highest BCUT2D eigenvalue weighted by Gasteiger charge is 2.25. The minimum Gasteiger partial charge on any atom is -0.208 e. The van der Waals surface area contributed by atoms with Crippen LogP contribution in [0.5, 0.6) is 0 Å². The summed E-state index contributed by atoms with van der Waals surface area (Å²) in [6, 6.07) is 1.70. The number of thiophene rings is 1. The van der Waals surface area contributed by atoms with E-state index in [1.54, 1.807) is 0 Å². The molecule has 0 saturated carbocycles. The first-order valence-corrected chi connectivity index (χ1v) is 7.69. The second-order valence-electron chi connectivity index (χ2n) is 3.70. The van der Waals surface area contributed by atoms with Crippen LogP contribution in [-0.4, -0.2) is 8.42 Å². The molecule has 6 heteroatoms. The summed E-state index contributed by atoms with van der Waals surface area (Å²) in [7, 11) is -3.38. The predicted molar refractivity (Wildman–Crippen MR) is 67.3 cm³/mol. The van der Waals surface area contributed by atoms with Gasteiger partial charge in [-0.3, -0.25) is 0 Å². The Hall–Kier alpha value is -0.360. The standard InChI is InChI=1S/C10H12ClNO2S2/c1-2-16(13,14)12-8-4-3-5-9-7(8)6-10(11)15-9/h2,6,8,12H,1,3-5H2. The Morgan fingerprint density at radius 1 is 1.62 bits per heavy atom. The highest BCUT2D eigenvalue weighted by Crippen LogP contribution is 2.38. The zero-order chi connectivity index (χ0) is 11.8. The summed E-state index contributed by atoms with van der Waals surface area (Å²) in [4.78, 5) is 1.19. The smallest absolute Gasteiger partial charge is 0.208 e. The average molecular weight is 278 g/mol. The second-order valence-corrected chi connectivity index (χ2v) is 7.13. The van der Waals surface area contributed by atoms with Crippen molar-refractivity contribution in [2.24, 2.45) is 0 Å². The van der Waals surface area contributed by atoms with Crippen molar-refractivity contribution in [1.82, 2.24) is 4.72 Å². The fraction of sp³-hybridized carbons (Fsp3) is 0.400. The summed E-state index contributed by atoms with van der Waals surface area (Å²) in [6.07, 6.45) is 2.78. The van der Waals surface area contributed by atoms with Gasteiger partial charge in [0.15, 0.2) is 0 Å². The maximum absolute atomic E-state index is 11.4. The summed E-state index contributed by atoms with van der Waals surface area (Å²) in [5, 5.41) is 0.940. The molecule has 1 atom stereocenters. The van der Waals surface area contributed by atoms with E-state index in [2.05, 4.69) is 11.3 Å². The van der Waals surface area contributed by atoms with Crippen LogP contribution in [0, 0.1) is 0 Å². The molecule has 3 nitrogen and oxygen atoms in total. The van der Waals surface area contributed by atoms with Crippen LogP contribution in [0.25, 0.3) is 0 Å². The van der Waals surface area contributed by atoms with E-state index in [1.807, 2.05) is 6.07 Å². The quantitative estimate of drug-likeness (QED) is 0.923. The number of sulfonamides is 1. The Bertz CT molecular complexity index is 507. The zero-order valence-electron chi connectivity index (χ0n) is 8.57. The summed E-state index contributed by atoms with van der Waals surface area (Å²) >= 11 is 7.47. The number of rotatable bonds is 3. The van der Waals surface area contributed by atoms with Crippen molar-refractivity contribution in [3.63, 3.8) is 0 Å². The van der Waals surface area contributed by atoms with Crippen molar-refractivity contribution in [2.45, 2.75) is 25.3 Å². The summed E-state index contributed by atoms with van der Waals surface area (Å²) < 4.78 is 26.2. The molecule has 88 valence electrons. The van der Waals surface area contributed by atoms with Crippen LogP contribution < -0.4 is 4.72 Å². The van der Waals surface area contributed by atoms with Crippen LogP contribution in [0.4, 0.5) is 0 Å². The van der Waals surface area contributed by atoms with Gasteiger partial charge >= 0.3 is 0 Å². The molecule has 1 aromatic heterocycles. The third-order valence-electron chi connectivity index (χ3n) is 2.61. The first-order chi connectivity index (χ1) is 7.52. The van der Waals surface area contributed by atoms with Gasteiger partial charge in [-0.1, -0.05) is 18.2 Å². The lowest BCUT2D eigenvalue weighted by molar-refractivity contribution is 0.516. The molecule has 1 aliphatic rings. The molecule has 0 saturated heterocycles. The monoisotopic (exact) mass is 277 g/mol. The molecule has 2 rings (SSSR count). The molecule has 1 unspecified atom stereocenters. The Morgan fingerprint density at radius 2 is 2.38 bits per heavy atom. The van der Waals surface area contributed by atoms with E-state index in [0.717, 1.165) is 34.6 Å². The number of hydrogen-bond acceptors (Lipinski definition) is 3. The highest BCUT2D eigenvalue weighted by atomic mass is 35.5. The van der Waals surface area contributed by atoms with Crippen molar-refractivity contribution >= 4 is 33.0 Å². The molecule has 0 aromatic carbocycles. The van der Waals surface area contributed by atoms with Gasteiger partial charge in [-0.2, -0.15) is 0 Å². The minimum atomic E-state index is -3.38. The lowest BCUT2D eigenvalue weighted by Gasteiger charge is -2.22. The number of halogens is 1. The van der Waals surface area contributed by atoms with Gasteiger partial charge in [0.05, 0.1) is 4.34 Å². The summed E-state index contributed by atoms with van der Waals surface area (Å²) in [5.74, 6) is 0. The van der Waals surface area contributed by atoms with Crippen molar-refractivity contribution in [3.8, 4) is 0 Å². The molecule has 0 aliphatic heterocycles. The van der Waals surface area contributed by atoms with Gasteiger partial charge in [0.1, 0.15) is 0 Å². The first kappa shape index (κ1) is 12.1. The molecule has 0 fully saturated rings. The van der Waals surface area contributed by atoms with E-state index in [9.17, 15) is 8.42 Å². The van der Waals surface area contributed by atoms with Crippen LogP contribution in [0.1, 0.15) is 29.3 Å².